The maximum Gasteiger partial charge on any atom is 0.302 e. The van der Waals surface area contributed by atoms with Crippen LogP contribution in [0.25, 0.3) is 16.8 Å². The van der Waals surface area contributed by atoms with Gasteiger partial charge in [0.15, 0.2) is 11.5 Å². The summed E-state index contributed by atoms with van der Waals surface area (Å²) in [5.41, 5.74) is 2.56. The molecule has 6 rings (SSSR count). The highest BCUT2D eigenvalue weighted by Crippen LogP contribution is 2.43. The fourth-order valence-corrected chi connectivity index (χ4v) is 4.81. The van der Waals surface area contributed by atoms with Crippen molar-refractivity contribution in [2.45, 2.75) is 32.2 Å². The van der Waals surface area contributed by atoms with Gasteiger partial charge in [-0.15, -0.1) is 0 Å². The number of H-pyrrole nitrogens is 1. The molecule has 0 aliphatic carbocycles. The summed E-state index contributed by atoms with van der Waals surface area (Å²) >= 11 is 0. The van der Waals surface area contributed by atoms with E-state index in [1.165, 1.54) is 23.1 Å². The van der Waals surface area contributed by atoms with Gasteiger partial charge in [-0.05, 0) is 52.9 Å². The Kier molecular flexibility index (Phi) is 5.27. The van der Waals surface area contributed by atoms with Gasteiger partial charge in [-0.3, -0.25) is 14.5 Å². The zero-order chi connectivity index (χ0) is 26.8. The van der Waals surface area contributed by atoms with E-state index in [0.717, 1.165) is 5.56 Å². The summed E-state index contributed by atoms with van der Waals surface area (Å²) in [6, 6.07) is 15.4. The average Bonchev–Trinajstić information content (AvgIpc) is 3.59. The first kappa shape index (κ1) is 23.7. The Balaban J connectivity index is 1.54. The molecule has 1 unspecified atom stereocenters. The minimum atomic E-state index is -0.986. The lowest BCUT2D eigenvalue weighted by molar-refractivity contribution is -0.132. The van der Waals surface area contributed by atoms with Crippen molar-refractivity contribution >= 4 is 34.4 Å². The number of fused-ring (bicyclic) bond motifs is 2. The Morgan fingerprint density at radius 1 is 1.03 bits per heavy atom. The average molecular weight is 514 g/mol. The summed E-state index contributed by atoms with van der Waals surface area (Å²) in [7, 11) is 0. The Morgan fingerprint density at radius 2 is 1.76 bits per heavy atom. The number of amides is 1. The lowest BCUT2D eigenvalue weighted by atomic mass is 9.85. The van der Waals surface area contributed by atoms with Crippen molar-refractivity contribution in [1.82, 2.24) is 9.97 Å². The predicted molar refractivity (Wildman–Crippen MR) is 139 cm³/mol. The number of Topliss-reactive ketones (excluding diaryl/α,β-unsaturated/α-hetero) is 1. The Hall–Kier alpha value is -4.66. The summed E-state index contributed by atoms with van der Waals surface area (Å²) in [5.74, 6) is -1.53. The molecule has 4 aromatic rings. The van der Waals surface area contributed by atoms with Crippen LogP contribution in [0.4, 0.5) is 10.3 Å². The number of aliphatic hydroxyl groups excluding tert-OH is 1. The number of nitrogens with one attached hydrogen (secondary N) is 1. The molecule has 38 heavy (non-hydrogen) atoms. The van der Waals surface area contributed by atoms with Gasteiger partial charge >= 0.3 is 5.91 Å². The van der Waals surface area contributed by atoms with E-state index in [1.807, 2.05) is 24.3 Å². The molecule has 0 spiro atoms. The van der Waals surface area contributed by atoms with Gasteiger partial charge in [0.25, 0.3) is 5.78 Å². The minimum absolute atomic E-state index is 0.0523. The number of rotatable bonds is 3. The number of carbonyl (C=O) groups excluding carboxylic acids is 2. The van der Waals surface area contributed by atoms with Crippen LogP contribution in [0.5, 0.6) is 11.5 Å². The normalized spacial score (nSPS) is 18.5. The molecule has 2 aliphatic heterocycles. The van der Waals surface area contributed by atoms with E-state index in [2.05, 4.69) is 30.7 Å². The van der Waals surface area contributed by atoms with Gasteiger partial charge in [-0.25, -0.2) is 9.37 Å². The molecule has 9 heteroatoms. The van der Waals surface area contributed by atoms with Crippen molar-refractivity contribution in [2.24, 2.45) is 0 Å². The van der Waals surface area contributed by atoms with E-state index in [0.29, 0.717) is 33.7 Å². The van der Waals surface area contributed by atoms with Crippen molar-refractivity contribution in [3.8, 4) is 11.5 Å². The second kappa shape index (κ2) is 8.44. The van der Waals surface area contributed by atoms with Gasteiger partial charge in [0.05, 0.1) is 22.6 Å². The highest BCUT2D eigenvalue weighted by atomic mass is 19.1. The van der Waals surface area contributed by atoms with Gasteiger partial charge < -0.3 is 19.6 Å². The number of hydrogen-bond acceptors (Lipinski definition) is 6. The van der Waals surface area contributed by atoms with Crippen LogP contribution in [0.2, 0.25) is 0 Å². The molecule has 1 fully saturated rings. The highest BCUT2D eigenvalue weighted by Gasteiger charge is 2.48. The van der Waals surface area contributed by atoms with E-state index in [9.17, 15) is 19.1 Å². The summed E-state index contributed by atoms with van der Waals surface area (Å²) in [4.78, 5) is 35.5. The number of aromatic nitrogens is 2. The number of hydrogen-bond donors (Lipinski definition) is 2. The SMILES string of the molecule is CC(C)(C)c1ccc(C2/C(=C(\O)c3ccc4c(c3)OCO4)C(=O)C(=O)N2c2nc3ccc(F)cc3[nH]2)cc1. The maximum atomic E-state index is 13.8. The van der Waals surface area contributed by atoms with Gasteiger partial charge in [0.1, 0.15) is 11.6 Å². The third-order valence-electron chi connectivity index (χ3n) is 6.84. The minimum Gasteiger partial charge on any atom is -0.507 e. The van der Waals surface area contributed by atoms with Crippen LogP contribution in [0, 0.1) is 5.82 Å². The molecule has 1 aromatic heterocycles. The number of aromatic amines is 1. The largest absolute Gasteiger partial charge is 0.507 e. The maximum absolute atomic E-state index is 13.8. The van der Waals surface area contributed by atoms with Crippen molar-refractivity contribution < 1.29 is 28.6 Å². The van der Waals surface area contributed by atoms with Gasteiger partial charge in [-0.1, -0.05) is 45.0 Å². The first-order valence-corrected chi connectivity index (χ1v) is 12.1. The first-order valence-electron chi connectivity index (χ1n) is 12.1. The Labute approximate surface area is 217 Å². The number of benzene rings is 3. The number of carbonyl (C=O) groups is 2. The molecular formula is C29H24FN3O5. The molecule has 0 bridgehead atoms. The van der Waals surface area contributed by atoms with E-state index < -0.39 is 23.5 Å². The third kappa shape index (κ3) is 3.78. The third-order valence-corrected chi connectivity index (χ3v) is 6.84. The molecule has 2 aliphatic rings. The number of nitrogens with zero attached hydrogens (tertiary/aromatic N) is 2. The molecule has 3 aromatic carbocycles. The second-order valence-corrected chi connectivity index (χ2v) is 10.3. The molecule has 1 atom stereocenters. The molecule has 1 saturated heterocycles. The first-order chi connectivity index (χ1) is 18.1. The van der Waals surface area contributed by atoms with Gasteiger partial charge in [0, 0.05) is 5.56 Å². The second-order valence-electron chi connectivity index (χ2n) is 10.3. The molecule has 3 heterocycles. The molecule has 8 nitrogen and oxygen atoms in total. The number of halogens is 1. The highest BCUT2D eigenvalue weighted by molar-refractivity contribution is 6.51. The van der Waals surface area contributed by atoms with Gasteiger partial charge in [0.2, 0.25) is 12.7 Å². The van der Waals surface area contributed by atoms with E-state index in [1.54, 1.807) is 18.2 Å². The number of ketones is 1. The standard InChI is InChI=1S/C29H24FN3O5/c1-29(2,3)17-7-4-15(5-8-17)24-23(25(34)16-6-11-21-22(12-16)38-14-37-21)26(35)27(36)33(24)28-31-19-10-9-18(30)13-20(19)32-28/h4-13,24,34H,14H2,1-3H3,(H,31,32)/b25-23+. The summed E-state index contributed by atoms with van der Waals surface area (Å²) in [6.45, 7) is 6.31. The summed E-state index contributed by atoms with van der Waals surface area (Å²) in [6.07, 6.45) is 0. The number of aliphatic hydroxyl groups is 1. The van der Waals surface area contributed by atoms with Crippen molar-refractivity contribution in [1.29, 1.82) is 0 Å². The van der Waals surface area contributed by atoms with Gasteiger partial charge in [-0.2, -0.15) is 0 Å². The fourth-order valence-electron chi connectivity index (χ4n) is 4.81. The lowest BCUT2D eigenvalue weighted by Gasteiger charge is -2.25. The molecule has 2 N–H and O–H groups in total. The van der Waals surface area contributed by atoms with Crippen LogP contribution in [0.15, 0.2) is 66.2 Å². The van der Waals surface area contributed by atoms with Crippen LogP contribution in [0.1, 0.15) is 43.5 Å². The monoisotopic (exact) mass is 513 g/mol. The van der Waals surface area contributed by atoms with Crippen LogP contribution in [-0.2, 0) is 15.0 Å². The number of ether oxygens (including phenoxy) is 2. The van der Waals surface area contributed by atoms with Crippen molar-refractivity contribution in [2.75, 3.05) is 11.7 Å². The molecule has 192 valence electrons. The van der Waals surface area contributed by atoms with E-state index in [-0.39, 0.29) is 29.5 Å². The van der Waals surface area contributed by atoms with Crippen LogP contribution < -0.4 is 14.4 Å². The molecule has 1 amide bonds. The lowest BCUT2D eigenvalue weighted by Crippen LogP contribution is -2.30. The van der Waals surface area contributed by atoms with Crippen LogP contribution in [0.3, 0.4) is 0 Å². The van der Waals surface area contributed by atoms with E-state index >= 15 is 0 Å². The number of imidazole rings is 1. The van der Waals surface area contributed by atoms with Crippen LogP contribution in [-0.4, -0.2) is 33.6 Å². The number of anilines is 1. The quantitative estimate of drug-likeness (QED) is 0.217. The van der Waals surface area contributed by atoms with Crippen molar-refractivity contribution in [3.05, 3.63) is 88.7 Å². The molecular weight excluding hydrogens is 489 g/mol. The van der Waals surface area contributed by atoms with E-state index in [4.69, 9.17) is 9.47 Å². The zero-order valence-electron chi connectivity index (χ0n) is 20.9. The topological polar surface area (TPSA) is 105 Å². The Morgan fingerprint density at radius 3 is 2.50 bits per heavy atom. The summed E-state index contributed by atoms with van der Waals surface area (Å²) < 4.78 is 24.6. The molecule has 0 saturated carbocycles. The van der Waals surface area contributed by atoms with Crippen molar-refractivity contribution in [3.63, 3.8) is 0 Å². The predicted octanol–water partition coefficient (Wildman–Crippen LogP) is 5.35. The molecule has 0 radical (unpaired) electrons. The zero-order valence-corrected chi connectivity index (χ0v) is 20.9. The Bertz CT molecular complexity index is 1650. The fraction of sp³-hybridized carbons (Fsp3) is 0.207. The van der Waals surface area contributed by atoms with Crippen LogP contribution >= 0.6 is 0 Å². The smallest absolute Gasteiger partial charge is 0.302 e. The summed E-state index contributed by atoms with van der Waals surface area (Å²) in [5, 5.41) is 11.4.